The molecule has 0 radical (unpaired) electrons. The van der Waals surface area contributed by atoms with Crippen LogP contribution in [0.1, 0.15) is 48.5 Å². The minimum absolute atomic E-state index is 0.379. The normalized spacial score (nSPS) is 46.0. The minimum Gasteiger partial charge on any atom is -0.391 e. The molecular formula is C63H112O42. The van der Waals surface area contributed by atoms with E-state index in [1.807, 2.05) is 0 Å². The molecule has 21 heterocycles. The highest BCUT2D eigenvalue weighted by Gasteiger charge is 2.60. The average molecular weight is 1540 g/mol. The van der Waals surface area contributed by atoms with Crippen molar-refractivity contribution in [1.82, 2.24) is 0 Å². The Morgan fingerprint density at radius 1 is 0.181 bits per heavy atom. The number of hydrogen-bond donors (Lipinski definition) is 21. The average Bonchev–Trinajstić information content (AvgIpc) is 0.785. The third-order valence-electron chi connectivity index (χ3n) is 18.0. The highest BCUT2D eigenvalue weighted by molar-refractivity contribution is 5.02. The Labute approximate surface area is 603 Å². The van der Waals surface area contributed by atoms with E-state index in [-0.39, 0.29) is 46.2 Å². The van der Waals surface area contributed by atoms with Crippen molar-refractivity contribution in [3.05, 3.63) is 0 Å². The Morgan fingerprint density at radius 2 is 0.286 bits per heavy atom. The van der Waals surface area contributed by atoms with Crippen LogP contribution >= 0.6 is 0 Å². The Balaban J connectivity index is 1.20. The molecule has 21 aliphatic heterocycles. The third-order valence-corrected chi connectivity index (χ3v) is 18.0. The highest BCUT2D eigenvalue weighted by atomic mass is 16.8. The fourth-order valence-electron chi connectivity index (χ4n) is 12.8. The molecule has 14 unspecified atom stereocenters. The van der Waals surface area contributed by atoms with Crippen molar-refractivity contribution >= 4 is 0 Å². The van der Waals surface area contributed by atoms with E-state index in [1.54, 1.807) is 0 Å². The molecule has 0 aromatic carbocycles. The summed E-state index contributed by atoms with van der Waals surface area (Å²) in [6, 6.07) is 0. The molecule has 0 amide bonds. The zero-order valence-corrected chi connectivity index (χ0v) is 59.1. The molecule has 21 saturated heterocycles. The van der Waals surface area contributed by atoms with Gasteiger partial charge in [-0.15, -0.1) is 0 Å². The standard InChI is InChI=1S/C63H112O42/c1-22(64)8-85-15-29-50-36(71)43(78)57(92-29)100-51-30(16-86-9-23(2)65)94-59(45(80)38(51)73)102-53-32(18-88-11-25(4)67)96-61(47(82)40(53)75)104-55-34(20-90-13-27(6)69)98-63(49(84)42(55)77)105-56-35(21-91-14-28(7)70)97-62(48(83)41(56)76)103-54-33(19-89-12-26(5)68)95-60(46(81)39(54)74)101-52-31(17-87-10-24(3)66)93-58(99-50)44(79)37(52)72/h22-84H,8-21H2,1-7H3/t22?,23?,24?,25?,26?,27?,28?,29-,30-,31-,32-,33-,34-,35-,36-,37-,38-,39-,40-,41-,42-,43-,44-,45-,46-,47-,48-,49-,50-,51-,52-,53-,54-,55-,56-,57?,58?,59?,60?,61?,62?,63?/m1/s1. The summed E-state index contributed by atoms with van der Waals surface area (Å²) in [7, 11) is 0. The van der Waals surface area contributed by atoms with Crippen molar-refractivity contribution in [2.24, 2.45) is 0 Å². The molecule has 21 fully saturated rings. The third kappa shape index (κ3) is 23.7. The largest absolute Gasteiger partial charge is 0.391 e. The minimum atomic E-state index is -2.24. The summed E-state index contributed by atoms with van der Waals surface area (Å²) >= 11 is 0. The highest BCUT2D eigenvalue weighted by Crippen LogP contribution is 2.40. The quantitative estimate of drug-likeness (QED) is 0.0346. The lowest BCUT2D eigenvalue weighted by Gasteiger charge is -2.50. The first-order valence-corrected chi connectivity index (χ1v) is 35.2. The fourth-order valence-corrected chi connectivity index (χ4v) is 12.8. The van der Waals surface area contributed by atoms with Crippen molar-refractivity contribution in [1.29, 1.82) is 0 Å². The second-order valence-corrected chi connectivity index (χ2v) is 28.1. The van der Waals surface area contributed by atoms with Crippen molar-refractivity contribution in [2.75, 3.05) is 92.5 Å². The van der Waals surface area contributed by atoms with Gasteiger partial charge in [0.1, 0.15) is 171 Å². The van der Waals surface area contributed by atoms with Gasteiger partial charge in [-0.1, -0.05) is 0 Å². The van der Waals surface area contributed by atoms with Crippen molar-refractivity contribution in [2.45, 2.75) is 306 Å². The Hall–Kier alpha value is -1.68. The van der Waals surface area contributed by atoms with Gasteiger partial charge in [-0.2, -0.15) is 0 Å². The number of aliphatic hydroxyl groups excluding tert-OH is 21. The Kier molecular flexibility index (Phi) is 35.0. The van der Waals surface area contributed by atoms with Crippen LogP contribution in [-0.2, 0) is 99.5 Å². The van der Waals surface area contributed by atoms with Crippen LogP contribution in [0.15, 0.2) is 0 Å². The van der Waals surface area contributed by atoms with Crippen LogP contribution in [0, 0.1) is 0 Å². The first-order chi connectivity index (χ1) is 49.6. The maximum atomic E-state index is 12.1. The van der Waals surface area contributed by atoms with Crippen LogP contribution in [0.4, 0.5) is 0 Å². The zero-order chi connectivity index (χ0) is 77.0. The van der Waals surface area contributed by atoms with Crippen LogP contribution in [0.2, 0.25) is 0 Å². The van der Waals surface area contributed by atoms with Crippen molar-refractivity contribution in [3.8, 4) is 0 Å². The molecule has 105 heavy (non-hydrogen) atoms. The summed E-state index contributed by atoms with van der Waals surface area (Å²) in [5, 5.41) is 240. The molecular weight excluding hydrogens is 1430 g/mol. The predicted octanol–water partition coefficient (Wildman–Crippen LogP) is -12.4. The van der Waals surface area contributed by atoms with Crippen LogP contribution in [-0.4, -0.2) is 457 Å². The van der Waals surface area contributed by atoms with Crippen molar-refractivity contribution < 1.29 is 207 Å². The van der Waals surface area contributed by atoms with Crippen LogP contribution < -0.4 is 0 Å². The molecule has 42 atom stereocenters. The van der Waals surface area contributed by atoms with Crippen LogP contribution in [0.5, 0.6) is 0 Å². The number of rotatable bonds is 28. The molecule has 21 rings (SSSR count). The summed E-state index contributed by atoms with van der Waals surface area (Å²) in [4.78, 5) is 0. The van der Waals surface area contributed by atoms with Gasteiger partial charge in [0.25, 0.3) is 0 Å². The van der Waals surface area contributed by atoms with E-state index in [9.17, 15) is 107 Å². The molecule has 42 nitrogen and oxygen atoms in total. The summed E-state index contributed by atoms with van der Waals surface area (Å²) < 4.78 is 126. The van der Waals surface area contributed by atoms with E-state index in [1.165, 1.54) is 48.5 Å². The van der Waals surface area contributed by atoms with E-state index < -0.39 is 304 Å². The van der Waals surface area contributed by atoms with Gasteiger partial charge >= 0.3 is 0 Å². The molecule has 616 valence electrons. The lowest BCUT2D eigenvalue weighted by Crippen LogP contribution is -2.68. The Morgan fingerprint density at radius 3 is 0.381 bits per heavy atom. The first kappa shape index (κ1) is 88.9. The number of aliphatic hydroxyl groups is 21. The van der Waals surface area contributed by atoms with E-state index in [0.29, 0.717) is 0 Å². The molecule has 21 aliphatic rings. The number of hydrogen-bond acceptors (Lipinski definition) is 42. The molecule has 0 aromatic heterocycles. The van der Waals surface area contributed by atoms with Crippen LogP contribution in [0.25, 0.3) is 0 Å². The molecule has 0 aromatic rings. The van der Waals surface area contributed by atoms with Gasteiger partial charge in [-0.25, -0.2) is 0 Å². The predicted molar refractivity (Wildman–Crippen MR) is 336 cm³/mol. The van der Waals surface area contributed by atoms with Gasteiger partial charge in [-0.3, -0.25) is 0 Å². The van der Waals surface area contributed by atoms with Gasteiger partial charge in [0.15, 0.2) is 44.0 Å². The zero-order valence-electron chi connectivity index (χ0n) is 59.1. The summed E-state index contributed by atoms with van der Waals surface area (Å²) in [5.74, 6) is 0. The summed E-state index contributed by atoms with van der Waals surface area (Å²) in [6.07, 6.45) is -78.0. The number of ether oxygens (including phenoxy) is 21. The maximum Gasteiger partial charge on any atom is 0.187 e. The monoisotopic (exact) mass is 1540 g/mol. The molecule has 42 heteroatoms. The van der Waals surface area contributed by atoms with Gasteiger partial charge in [0.2, 0.25) is 0 Å². The Bertz CT molecular complexity index is 2000. The van der Waals surface area contributed by atoms with E-state index in [4.69, 9.17) is 99.5 Å². The van der Waals surface area contributed by atoms with E-state index in [0.717, 1.165) is 0 Å². The second-order valence-electron chi connectivity index (χ2n) is 28.1. The van der Waals surface area contributed by atoms with Gasteiger partial charge in [0.05, 0.1) is 135 Å². The van der Waals surface area contributed by atoms with E-state index in [2.05, 4.69) is 0 Å². The lowest BCUT2D eigenvalue weighted by molar-refractivity contribution is -0.398. The molecule has 14 bridgehead atoms. The van der Waals surface area contributed by atoms with Gasteiger partial charge in [-0.05, 0) is 48.5 Å². The molecule has 0 aliphatic carbocycles. The SMILES string of the molecule is CC(O)COC[C@H]1OC2O[C@H]3[C@H](O)[C@@H](O)C(O[C@H]4[C@H](O)[C@@H](O)C(O[C@H]5[C@H](O)[C@@H](O)C(O[C@H]6[C@H](O)[C@@H](O)C(O[C@H]7[C@H](O)[C@@H](O)C(O[C@H]8[C@H](O)[C@@H](O)C(O[C@H]1[C@H](O)[C@H]2O)O[C@@H]8COCC(C)O)O[C@@H]7COCC(C)O)O[C@@H]6COCC(C)O)O[C@@H]5COCC(C)O)O[C@@H]4COCC(C)O)O[C@@H]3COCC(C)O. The lowest BCUT2D eigenvalue weighted by atomic mass is 9.95. The maximum absolute atomic E-state index is 12.1. The van der Waals surface area contributed by atoms with Gasteiger partial charge < -0.3 is 207 Å². The summed E-state index contributed by atoms with van der Waals surface area (Å²) in [5.41, 5.74) is 0. The summed E-state index contributed by atoms with van der Waals surface area (Å²) in [6.45, 7) is 2.51. The molecule has 0 saturated carbocycles. The molecule has 21 N–H and O–H groups in total. The second kappa shape index (κ2) is 41.4. The fraction of sp³-hybridized carbons (Fsp3) is 1.00. The topological polar surface area (TPSA) is 619 Å². The van der Waals surface area contributed by atoms with E-state index >= 15 is 0 Å². The molecule has 0 spiro atoms. The van der Waals surface area contributed by atoms with Gasteiger partial charge in [0, 0.05) is 0 Å². The van der Waals surface area contributed by atoms with Crippen LogP contribution in [0.3, 0.4) is 0 Å². The van der Waals surface area contributed by atoms with Crippen molar-refractivity contribution in [3.63, 3.8) is 0 Å². The first-order valence-electron chi connectivity index (χ1n) is 35.2. The smallest absolute Gasteiger partial charge is 0.187 e.